The first-order valence-electron chi connectivity index (χ1n) is 15.6. The van der Waals surface area contributed by atoms with Crippen molar-refractivity contribution in [1.82, 2.24) is 29.2 Å². The van der Waals surface area contributed by atoms with Gasteiger partial charge in [-0.25, -0.2) is 4.98 Å². The zero-order valence-electron chi connectivity index (χ0n) is 26.3. The van der Waals surface area contributed by atoms with Crippen LogP contribution in [-0.2, 0) is 4.79 Å². The molecule has 2 atom stereocenters. The molecule has 0 radical (unpaired) electrons. The molecular formula is C33H44ClN7O3. The molecule has 10 nitrogen and oxygen atoms in total. The molecule has 2 unspecified atom stereocenters. The fraction of sp³-hybridized carbons (Fsp3) is 0.515. The average molecular weight is 622 g/mol. The van der Waals surface area contributed by atoms with Gasteiger partial charge in [0.2, 0.25) is 11.9 Å². The Hall–Kier alpha value is -3.47. The summed E-state index contributed by atoms with van der Waals surface area (Å²) in [6.45, 7) is 5.82. The maximum absolute atomic E-state index is 13.4. The van der Waals surface area contributed by atoms with Gasteiger partial charge in [-0.2, -0.15) is 0 Å². The Morgan fingerprint density at radius 3 is 2.61 bits per heavy atom. The average Bonchev–Trinajstić information content (AvgIpc) is 3.16. The summed E-state index contributed by atoms with van der Waals surface area (Å²) in [4.78, 5) is 42.2. The number of benzene rings is 1. The minimum Gasteiger partial charge on any atom is -0.495 e. The van der Waals surface area contributed by atoms with Crippen LogP contribution in [0.1, 0.15) is 60.6 Å². The summed E-state index contributed by atoms with van der Waals surface area (Å²) in [5.41, 5.74) is 2.74. The summed E-state index contributed by atoms with van der Waals surface area (Å²) in [6, 6.07) is 7.42. The Bertz CT molecular complexity index is 1500. The summed E-state index contributed by atoms with van der Waals surface area (Å²) in [5.74, 6) is 0.862. The number of carbonyl (C=O) groups excluding carboxylic acids is 2. The molecule has 5 rings (SSSR count). The number of rotatable bonds is 8. The molecule has 0 bridgehead atoms. The number of hydrogen-bond donors (Lipinski definition) is 1. The summed E-state index contributed by atoms with van der Waals surface area (Å²) in [7, 11) is 5.59. The van der Waals surface area contributed by atoms with E-state index >= 15 is 0 Å². The van der Waals surface area contributed by atoms with E-state index in [0.29, 0.717) is 34.3 Å². The number of aryl methyl sites for hydroxylation is 1. The maximum atomic E-state index is 13.4. The molecule has 0 spiro atoms. The molecule has 1 N–H and O–H groups in total. The molecule has 44 heavy (non-hydrogen) atoms. The van der Waals surface area contributed by atoms with Crippen molar-refractivity contribution in [2.75, 3.05) is 59.2 Å². The molecule has 2 aliphatic rings. The fourth-order valence-corrected chi connectivity index (χ4v) is 6.70. The van der Waals surface area contributed by atoms with Crippen molar-refractivity contribution < 1.29 is 14.3 Å². The molecule has 2 amide bonds. The number of fused-ring (bicyclic) bond motifs is 1. The van der Waals surface area contributed by atoms with E-state index in [4.69, 9.17) is 21.3 Å². The highest BCUT2D eigenvalue weighted by Gasteiger charge is 2.32. The van der Waals surface area contributed by atoms with Crippen LogP contribution in [0.2, 0.25) is 5.02 Å². The second kappa shape index (κ2) is 14.5. The zero-order valence-corrected chi connectivity index (χ0v) is 27.0. The van der Waals surface area contributed by atoms with Gasteiger partial charge < -0.3 is 19.1 Å². The van der Waals surface area contributed by atoms with E-state index < -0.39 is 0 Å². The van der Waals surface area contributed by atoms with Crippen molar-refractivity contribution >= 4 is 40.4 Å². The molecule has 1 aromatic carbocycles. The van der Waals surface area contributed by atoms with Gasteiger partial charge in [0.05, 0.1) is 18.1 Å². The van der Waals surface area contributed by atoms with E-state index in [2.05, 4.69) is 19.8 Å². The monoisotopic (exact) mass is 621 g/mol. The normalized spacial score (nSPS) is 20.2. The molecule has 2 fully saturated rings. The van der Waals surface area contributed by atoms with Crippen LogP contribution < -0.4 is 10.1 Å². The van der Waals surface area contributed by atoms with Gasteiger partial charge in [0.1, 0.15) is 10.8 Å². The molecular weight excluding hydrogens is 578 g/mol. The third-order valence-electron chi connectivity index (χ3n) is 8.61. The van der Waals surface area contributed by atoms with Gasteiger partial charge in [-0.15, -0.1) is 0 Å². The van der Waals surface area contributed by atoms with Crippen LogP contribution in [0.3, 0.4) is 0 Å². The van der Waals surface area contributed by atoms with E-state index in [1.165, 1.54) is 0 Å². The van der Waals surface area contributed by atoms with E-state index in [0.717, 1.165) is 75.9 Å². The van der Waals surface area contributed by atoms with E-state index in [9.17, 15) is 9.59 Å². The first-order chi connectivity index (χ1) is 21.2. The summed E-state index contributed by atoms with van der Waals surface area (Å²) >= 11 is 6.94. The van der Waals surface area contributed by atoms with Crippen LogP contribution in [0.15, 0.2) is 42.6 Å². The first kappa shape index (κ1) is 31.9. The summed E-state index contributed by atoms with van der Waals surface area (Å²) in [5, 5.41) is 3.56. The third kappa shape index (κ3) is 7.42. The lowest BCUT2D eigenvalue weighted by atomic mass is 10.1. The largest absolute Gasteiger partial charge is 0.495 e. The molecule has 4 heterocycles. The minimum absolute atomic E-state index is 0.00831. The number of methoxy groups -OCH3 is 1. The Morgan fingerprint density at radius 2 is 1.86 bits per heavy atom. The zero-order chi connectivity index (χ0) is 31.2. The van der Waals surface area contributed by atoms with Crippen LogP contribution >= 0.6 is 11.6 Å². The highest BCUT2D eigenvalue weighted by Crippen LogP contribution is 2.38. The van der Waals surface area contributed by atoms with Gasteiger partial charge in [0, 0.05) is 61.8 Å². The van der Waals surface area contributed by atoms with Gasteiger partial charge in [0.25, 0.3) is 5.91 Å². The second-order valence-corrected chi connectivity index (χ2v) is 12.5. The van der Waals surface area contributed by atoms with Crippen LogP contribution in [0, 0.1) is 6.92 Å². The number of likely N-dealkylation sites (tertiary alicyclic amines) is 2. The molecule has 2 saturated heterocycles. The highest BCUT2D eigenvalue weighted by molar-refractivity contribution is 6.36. The van der Waals surface area contributed by atoms with Crippen molar-refractivity contribution in [3.63, 3.8) is 0 Å². The summed E-state index contributed by atoms with van der Waals surface area (Å²) < 4.78 is 7.68. The predicted octanol–water partition coefficient (Wildman–Crippen LogP) is 5.18. The van der Waals surface area contributed by atoms with Crippen molar-refractivity contribution in [3.8, 4) is 5.75 Å². The number of likely N-dealkylation sites (N-methyl/N-ethyl adjacent to an activating group) is 1. The summed E-state index contributed by atoms with van der Waals surface area (Å²) in [6.07, 6.45) is 11.4. The van der Waals surface area contributed by atoms with Crippen molar-refractivity contribution in [1.29, 1.82) is 0 Å². The Balaban J connectivity index is 1.45. The van der Waals surface area contributed by atoms with Gasteiger partial charge in [0.15, 0.2) is 0 Å². The predicted molar refractivity (Wildman–Crippen MR) is 175 cm³/mol. The number of aromatic nitrogens is 3. The van der Waals surface area contributed by atoms with Gasteiger partial charge >= 0.3 is 0 Å². The van der Waals surface area contributed by atoms with Crippen LogP contribution in [0.4, 0.5) is 5.95 Å². The SMILES string of the molecule is COc1ccc2nc(NC(=O)c3ccnc(C)c3)n(C3CCCCN(C4CCCCN(C(=O)C=CCN(C)C)C4)C3)c2c1Cl. The number of hydrogen-bond acceptors (Lipinski definition) is 7. The number of anilines is 1. The number of imidazole rings is 1. The fourth-order valence-electron chi connectivity index (χ4n) is 6.37. The standard InChI is InChI=1S/C33H44ClN7O3/c1-23-20-24(15-16-35-23)32(43)37-33-36-27-13-14-28(44-4)30(34)31(27)41(33)26-11-6-7-18-39(22-26)25-10-5-8-19-40(21-25)29(42)12-9-17-38(2)3/h9,12-16,20,25-26H,5-8,10-11,17-19,21-22H2,1-4H3,(H,36,37,43). The second-order valence-electron chi connectivity index (χ2n) is 12.1. The van der Waals surface area contributed by atoms with E-state index in [1.807, 2.05) is 49.0 Å². The molecule has 11 heteroatoms. The van der Waals surface area contributed by atoms with E-state index in [1.54, 1.807) is 31.5 Å². The van der Waals surface area contributed by atoms with Gasteiger partial charge in [-0.05, 0) is 77.5 Å². The molecule has 3 aromatic rings. The lowest BCUT2D eigenvalue weighted by Crippen LogP contribution is -2.46. The Kier molecular flexibility index (Phi) is 10.6. The van der Waals surface area contributed by atoms with Crippen LogP contribution in [-0.4, -0.2) is 101 Å². The van der Waals surface area contributed by atoms with Gasteiger partial charge in [-0.1, -0.05) is 30.5 Å². The minimum atomic E-state index is -0.249. The molecule has 2 aromatic heterocycles. The van der Waals surface area contributed by atoms with Crippen LogP contribution in [0.25, 0.3) is 11.0 Å². The number of pyridine rings is 1. The highest BCUT2D eigenvalue weighted by atomic mass is 35.5. The van der Waals surface area contributed by atoms with Crippen molar-refractivity contribution in [2.24, 2.45) is 0 Å². The maximum Gasteiger partial charge on any atom is 0.258 e. The topological polar surface area (TPSA) is 95.8 Å². The van der Waals surface area contributed by atoms with Crippen molar-refractivity contribution in [2.45, 2.75) is 57.5 Å². The van der Waals surface area contributed by atoms with Crippen molar-refractivity contribution in [3.05, 3.63) is 58.9 Å². The van der Waals surface area contributed by atoms with Crippen LogP contribution in [0.5, 0.6) is 5.75 Å². The third-order valence-corrected chi connectivity index (χ3v) is 8.97. The number of amides is 2. The smallest absolute Gasteiger partial charge is 0.258 e. The molecule has 0 saturated carbocycles. The van der Waals surface area contributed by atoms with E-state index in [-0.39, 0.29) is 23.9 Å². The lowest BCUT2D eigenvalue weighted by Gasteiger charge is -2.35. The number of nitrogens with zero attached hydrogens (tertiary/aromatic N) is 6. The first-order valence-corrected chi connectivity index (χ1v) is 16.0. The lowest BCUT2D eigenvalue weighted by molar-refractivity contribution is -0.126. The number of nitrogens with one attached hydrogen (secondary N) is 1. The molecule has 0 aliphatic carbocycles. The number of carbonyl (C=O) groups is 2. The Labute approximate surface area is 265 Å². The molecule has 2 aliphatic heterocycles. The number of halogens is 1. The quantitative estimate of drug-likeness (QED) is 0.346. The molecule has 236 valence electrons. The Morgan fingerprint density at radius 1 is 1.09 bits per heavy atom. The number of ether oxygens (including phenoxy) is 1. The van der Waals surface area contributed by atoms with Gasteiger partial charge in [-0.3, -0.25) is 24.8 Å².